The Hall–Kier alpha value is -0.340. The van der Waals surface area contributed by atoms with Gasteiger partial charge in [0.1, 0.15) is 4.90 Å². The van der Waals surface area contributed by atoms with E-state index in [1.54, 1.807) is 6.07 Å². The van der Waals surface area contributed by atoms with Crippen molar-refractivity contribution in [2.45, 2.75) is 4.90 Å². The number of nitrogens with one attached hydrogen (secondary N) is 1. The van der Waals surface area contributed by atoms with Crippen LogP contribution in [0.5, 0.6) is 5.75 Å². The average molecular weight is 344 g/mol. The summed E-state index contributed by atoms with van der Waals surface area (Å²) in [7, 11) is -2.29. The highest BCUT2D eigenvalue weighted by Crippen LogP contribution is 2.35. The van der Waals surface area contributed by atoms with E-state index in [-0.39, 0.29) is 23.7 Å². The zero-order valence-corrected chi connectivity index (χ0v) is 12.2. The maximum Gasteiger partial charge on any atom is 0.244 e. The van der Waals surface area contributed by atoms with E-state index in [9.17, 15) is 8.42 Å². The quantitative estimate of drug-likeness (QED) is 0.845. The van der Waals surface area contributed by atoms with Crippen LogP contribution in [-0.4, -0.2) is 28.6 Å². The van der Waals surface area contributed by atoms with Crippen LogP contribution in [0, 0.1) is 0 Å². The van der Waals surface area contributed by atoms with Gasteiger partial charge in [-0.25, -0.2) is 13.1 Å². The van der Waals surface area contributed by atoms with Crippen LogP contribution in [-0.2, 0) is 10.0 Å². The fraction of sp³-hybridized carbons (Fsp3) is 0.333. The van der Waals surface area contributed by atoms with Crippen molar-refractivity contribution >= 4 is 37.6 Å². The molecule has 0 aliphatic carbocycles. The third-order valence-electron chi connectivity index (χ3n) is 1.90. The summed E-state index contributed by atoms with van der Waals surface area (Å²) in [5.41, 5.74) is 5.25. The minimum atomic E-state index is -3.68. The molecule has 0 bridgehead atoms. The molecule has 0 aliphatic heterocycles. The Morgan fingerprint density at radius 1 is 1.53 bits per heavy atom. The molecule has 8 heteroatoms. The Balaban J connectivity index is 3.29. The predicted molar refractivity (Wildman–Crippen MR) is 69.9 cm³/mol. The molecule has 0 heterocycles. The van der Waals surface area contributed by atoms with E-state index < -0.39 is 10.0 Å². The van der Waals surface area contributed by atoms with Crippen molar-refractivity contribution in [3.63, 3.8) is 0 Å². The molecule has 96 valence electrons. The Kier molecular flexibility index (Phi) is 5.21. The molecule has 0 radical (unpaired) electrons. The van der Waals surface area contributed by atoms with Gasteiger partial charge in [-0.3, -0.25) is 0 Å². The predicted octanol–water partition coefficient (Wildman–Crippen LogP) is 1.35. The molecule has 0 aromatic heterocycles. The molecule has 0 aliphatic rings. The number of hydrogen-bond acceptors (Lipinski definition) is 4. The summed E-state index contributed by atoms with van der Waals surface area (Å²) in [5.74, 6) is 0.207. The van der Waals surface area contributed by atoms with E-state index in [0.717, 1.165) is 0 Å². The van der Waals surface area contributed by atoms with Crippen molar-refractivity contribution in [1.29, 1.82) is 0 Å². The van der Waals surface area contributed by atoms with Crippen LogP contribution in [0.4, 0.5) is 0 Å². The van der Waals surface area contributed by atoms with Crippen molar-refractivity contribution < 1.29 is 13.2 Å². The van der Waals surface area contributed by atoms with Gasteiger partial charge < -0.3 is 10.5 Å². The number of benzene rings is 1. The molecule has 5 nitrogen and oxygen atoms in total. The molecule has 0 atom stereocenters. The molecule has 17 heavy (non-hydrogen) atoms. The summed E-state index contributed by atoms with van der Waals surface area (Å²) in [6, 6.07) is 2.88. The second-order valence-electron chi connectivity index (χ2n) is 3.11. The van der Waals surface area contributed by atoms with Crippen molar-refractivity contribution in [2.75, 3.05) is 20.2 Å². The first-order chi connectivity index (χ1) is 7.92. The number of nitrogens with two attached hydrogens (primary N) is 1. The first-order valence-corrected chi connectivity index (χ1v) is 7.30. The fourth-order valence-corrected chi connectivity index (χ4v) is 3.64. The molecule has 0 saturated heterocycles. The number of methoxy groups -OCH3 is 1. The van der Waals surface area contributed by atoms with Gasteiger partial charge in [-0.2, -0.15) is 0 Å². The molecule has 0 unspecified atom stereocenters. The van der Waals surface area contributed by atoms with Gasteiger partial charge in [0, 0.05) is 18.1 Å². The van der Waals surface area contributed by atoms with Gasteiger partial charge in [0.05, 0.1) is 11.6 Å². The molecule has 1 aromatic rings. The van der Waals surface area contributed by atoms with Gasteiger partial charge in [-0.15, -0.1) is 0 Å². The Morgan fingerprint density at radius 2 is 2.18 bits per heavy atom. The van der Waals surface area contributed by atoms with Gasteiger partial charge >= 0.3 is 0 Å². The SMILES string of the molecule is COc1c(Br)cc(Cl)cc1S(=O)(=O)NCCN. The lowest BCUT2D eigenvalue weighted by atomic mass is 10.3. The summed E-state index contributed by atoms with van der Waals surface area (Å²) in [4.78, 5) is -0.0205. The monoisotopic (exact) mass is 342 g/mol. The summed E-state index contributed by atoms with van der Waals surface area (Å²) in [6.07, 6.45) is 0. The highest BCUT2D eigenvalue weighted by Gasteiger charge is 2.21. The van der Waals surface area contributed by atoms with Crippen LogP contribution in [0.25, 0.3) is 0 Å². The van der Waals surface area contributed by atoms with Gasteiger partial charge in [-0.1, -0.05) is 11.6 Å². The normalized spacial score (nSPS) is 11.5. The van der Waals surface area contributed by atoms with E-state index in [4.69, 9.17) is 22.1 Å². The first kappa shape index (κ1) is 14.7. The van der Waals surface area contributed by atoms with Crippen LogP contribution >= 0.6 is 27.5 Å². The Bertz CT molecular complexity index is 507. The summed E-state index contributed by atoms with van der Waals surface area (Å²) in [6.45, 7) is 0.360. The topological polar surface area (TPSA) is 81.4 Å². The number of rotatable bonds is 5. The number of sulfonamides is 1. The number of halogens is 2. The Morgan fingerprint density at radius 3 is 2.71 bits per heavy atom. The zero-order chi connectivity index (χ0) is 13.1. The molecule has 1 aromatic carbocycles. The maximum atomic E-state index is 11.9. The first-order valence-electron chi connectivity index (χ1n) is 4.65. The lowest BCUT2D eigenvalue weighted by Crippen LogP contribution is -2.29. The lowest BCUT2D eigenvalue weighted by Gasteiger charge is -2.12. The van der Waals surface area contributed by atoms with Crippen molar-refractivity contribution in [3.8, 4) is 5.75 Å². The molecule has 0 fully saturated rings. The molecular weight excluding hydrogens is 332 g/mol. The fourth-order valence-electron chi connectivity index (χ4n) is 1.21. The van der Waals surface area contributed by atoms with Crippen LogP contribution in [0.15, 0.2) is 21.5 Å². The van der Waals surface area contributed by atoms with E-state index >= 15 is 0 Å². The highest BCUT2D eigenvalue weighted by atomic mass is 79.9. The van der Waals surface area contributed by atoms with Gasteiger partial charge in [-0.05, 0) is 28.1 Å². The van der Waals surface area contributed by atoms with E-state index in [2.05, 4.69) is 20.7 Å². The highest BCUT2D eigenvalue weighted by molar-refractivity contribution is 9.10. The third-order valence-corrected chi connectivity index (χ3v) is 4.18. The van der Waals surface area contributed by atoms with E-state index in [0.29, 0.717) is 9.50 Å². The minimum absolute atomic E-state index is 0.0205. The summed E-state index contributed by atoms with van der Waals surface area (Å²) in [5, 5.41) is 0.297. The second kappa shape index (κ2) is 6.01. The summed E-state index contributed by atoms with van der Waals surface area (Å²) >= 11 is 9.01. The standard InChI is InChI=1S/C9H12BrClN2O3S/c1-16-9-7(10)4-6(11)5-8(9)17(14,15)13-3-2-12/h4-5,13H,2-3,12H2,1H3. The third kappa shape index (κ3) is 3.56. The largest absolute Gasteiger partial charge is 0.494 e. The minimum Gasteiger partial charge on any atom is -0.494 e. The van der Waals surface area contributed by atoms with Gasteiger partial charge in [0.15, 0.2) is 5.75 Å². The molecular formula is C9H12BrClN2O3S. The lowest BCUT2D eigenvalue weighted by molar-refractivity contribution is 0.399. The molecule has 1 rings (SSSR count). The smallest absolute Gasteiger partial charge is 0.244 e. The van der Waals surface area contributed by atoms with Gasteiger partial charge in [0.2, 0.25) is 10.0 Å². The molecule has 0 saturated carbocycles. The van der Waals surface area contributed by atoms with E-state index in [1.165, 1.54) is 13.2 Å². The van der Waals surface area contributed by atoms with Gasteiger partial charge in [0.25, 0.3) is 0 Å². The number of ether oxygens (including phenoxy) is 1. The molecule has 0 amide bonds. The van der Waals surface area contributed by atoms with Crippen molar-refractivity contribution in [3.05, 3.63) is 21.6 Å². The van der Waals surface area contributed by atoms with Crippen LogP contribution in [0.1, 0.15) is 0 Å². The zero-order valence-electron chi connectivity index (χ0n) is 9.04. The average Bonchev–Trinajstić information content (AvgIpc) is 2.25. The summed E-state index contributed by atoms with van der Waals surface area (Å²) < 4.78 is 31.8. The Labute approximate surface area is 113 Å². The van der Waals surface area contributed by atoms with Crippen molar-refractivity contribution in [1.82, 2.24) is 4.72 Å². The molecule has 0 spiro atoms. The van der Waals surface area contributed by atoms with E-state index in [1.807, 2.05) is 0 Å². The molecule has 3 N–H and O–H groups in total. The number of hydrogen-bond donors (Lipinski definition) is 2. The van der Waals surface area contributed by atoms with Crippen LogP contribution in [0.2, 0.25) is 5.02 Å². The van der Waals surface area contributed by atoms with Crippen molar-refractivity contribution in [2.24, 2.45) is 5.73 Å². The second-order valence-corrected chi connectivity index (χ2v) is 6.13. The van der Waals surface area contributed by atoms with Crippen LogP contribution in [0.3, 0.4) is 0 Å². The van der Waals surface area contributed by atoms with Crippen LogP contribution < -0.4 is 15.2 Å². The maximum absolute atomic E-state index is 11.9.